The summed E-state index contributed by atoms with van der Waals surface area (Å²) < 4.78 is 25.4. The molecule has 0 saturated heterocycles. The van der Waals surface area contributed by atoms with Crippen molar-refractivity contribution in [2.45, 2.75) is 0 Å². The van der Waals surface area contributed by atoms with Gasteiger partial charge in [-0.2, -0.15) is 5.10 Å². The monoisotopic (exact) mass is 260 g/mol. The molecule has 1 amide bonds. The van der Waals surface area contributed by atoms with E-state index in [0.717, 1.165) is 23.9 Å². The van der Waals surface area contributed by atoms with Crippen molar-refractivity contribution in [2.24, 2.45) is 16.7 Å². The standard InChI is InChI=1S/C9H10F2N4OS/c10-6-2-1-5(3-7(6)11)14-8(16)4-17-9(12)15-13/h1-3H,4,13H2,(H2,12,15)(H,14,16). The average molecular weight is 260 g/mol. The minimum Gasteiger partial charge on any atom is -0.377 e. The summed E-state index contributed by atoms with van der Waals surface area (Å²) in [6.45, 7) is 0. The number of amides is 1. The average Bonchev–Trinajstić information content (AvgIpc) is 2.31. The van der Waals surface area contributed by atoms with Gasteiger partial charge < -0.3 is 16.9 Å². The Labute approximate surface area is 100 Å². The van der Waals surface area contributed by atoms with Crippen LogP contribution in [0.1, 0.15) is 0 Å². The summed E-state index contributed by atoms with van der Waals surface area (Å²) in [5, 5.41) is 5.59. The van der Waals surface area contributed by atoms with Gasteiger partial charge >= 0.3 is 0 Å². The zero-order valence-corrected chi connectivity index (χ0v) is 9.43. The molecule has 0 atom stereocenters. The Bertz CT molecular complexity index is 453. The fourth-order valence-electron chi connectivity index (χ4n) is 0.948. The van der Waals surface area contributed by atoms with E-state index in [1.165, 1.54) is 6.07 Å². The van der Waals surface area contributed by atoms with Gasteiger partial charge in [-0.3, -0.25) is 4.79 Å². The Morgan fingerprint density at radius 1 is 1.41 bits per heavy atom. The van der Waals surface area contributed by atoms with Gasteiger partial charge in [-0.05, 0) is 12.1 Å². The van der Waals surface area contributed by atoms with Crippen LogP contribution in [-0.4, -0.2) is 16.8 Å². The molecule has 1 rings (SSSR count). The number of rotatable bonds is 3. The zero-order valence-electron chi connectivity index (χ0n) is 8.61. The highest BCUT2D eigenvalue weighted by molar-refractivity contribution is 8.14. The maximum Gasteiger partial charge on any atom is 0.234 e. The lowest BCUT2D eigenvalue weighted by atomic mass is 10.3. The number of nitrogens with zero attached hydrogens (tertiary/aromatic N) is 1. The highest BCUT2D eigenvalue weighted by Gasteiger charge is 2.07. The normalized spacial score (nSPS) is 11.3. The third-order valence-electron chi connectivity index (χ3n) is 1.68. The van der Waals surface area contributed by atoms with Crippen LogP contribution in [0.15, 0.2) is 23.3 Å². The summed E-state index contributed by atoms with van der Waals surface area (Å²) in [4.78, 5) is 11.3. The van der Waals surface area contributed by atoms with E-state index in [-0.39, 0.29) is 16.6 Å². The number of anilines is 1. The Morgan fingerprint density at radius 2 is 2.12 bits per heavy atom. The minimum absolute atomic E-state index is 0.0223. The second-order valence-electron chi connectivity index (χ2n) is 2.93. The van der Waals surface area contributed by atoms with Crippen molar-refractivity contribution in [1.29, 1.82) is 0 Å². The van der Waals surface area contributed by atoms with E-state index in [2.05, 4.69) is 10.4 Å². The summed E-state index contributed by atoms with van der Waals surface area (Å²) in [6, 6.07) is 3.06. The lowest BCUT2D eigenvalue weighted by Crippen LogP contribution is -2.18. The maximum atomic E-state index is 12.8. The van der Waals surface area contributed by atoms with Crippen LogP contribution in [0.4, 0.5) is 14.5 Å². The summed E-state index contributed by atoms with van der Waals surface area (Å²) in [7, 11) is 0. The van der Waals surface area contributed by atoms with Gasteiger partial charge in [0.2, 0.25) is 5.91 Å². The van der Waals surface area contributed by atoms with Crippen LogP contribution in [0, 0.1) is 11.6 Å². The van der Waals surface area contributed by atoms with Crippen molar-refractivity contribution in [3.63, 3.8) is 0 Å². The second kappa shape index (κ2) is 6.04. The molecule has 0 aliphatic rings. The first-order chi connectivity index (χ1) is 8.02. The van der Waals surface area contributed by atoms with Crippen molar-refractivity contribution in [3.8, 4) is 0 Å². The first-order valence-electron chi connectivity index (χ1n) is 4.44. The van der Waals surface area contributed by atoms with Crippen LogP contribution in [0.2, 0.25) is 0 Å². The fourth-order valence-corrected chi connectivity index (χ4v) is 1.37. The number of hydrogen-bond donors (Lipinski definition) is 3. The predicted molar refractivity (Wildman–Crippen MR) is 63.3 cm³/mol. The molecule has 5 N–H and O–H groups in total. The number of halogens is 2. The third-order valence-corrected chi connectivity index (χ3v) is 2.49. The van der Waals surface area contributed by atoms with Gasteiger partial charge in [0.05, 0.1) is 5.75 Å². The smallest absolute Gasteiger partial charge is 0.234 e. The highest BCUT2D eigenvalue weighted by atomic mass is 32.2. The molecule has 1 aromatic rings. The summed E-state index contributed by atoms with van der Waals surface area (Å²) in [5.41, 5.74) is 5.42. The minimum atomic E-state index is -1.03. The van der Waals surface area contributed by atoms with E-state index in [4.69, 9.17) is 11.6 Å². The Kier molecular flexibility index (Phi) is 4.70. The molecule has 1 aromatic carbocycles. The molecule has 5 nitrogen and oxygen atoms in total. The molecule has 0 unspecified atom stereocenters. The van der Waals surface area contributed by atoms with Gasteiger partial charge in [0.15, 0.2) is 16.8 Å². The number of nitrogens with one attached hydrogen (secondary N) is 1. The SMILES string of the molecule is NN=C(N)SCC(=O)Nc1ccc(F)c(F)c1. The van der Waals surface area contributed by atoms with Crippen LogP contribution in [0.3, 0.4) is 0 Å². The number of hydrogen-bond acceptors (Lipinski definition) is 4. The molecule has 0 aromatic heterocycles. The van der Waals surface area contributed by atoms with Gasteiger partial charge in [0, 0.05) is 11.8 Å². The number of thioether (sulfide) groups is 1. The quantitative estimate of drug-likeness (QED) is 0.325. The molecule has 0 saturated carbocycles. The summed E-state index contributed by atoms with van der Waals surface area (Å²) >= 11 is 0.934. The molecule has 0 aliphatic carbocycles. The van der Waals surface area contributed by atoms with Crippen LogP contribution in [0.5, 0.6) is 0 Å². The van der Waals surface area contributed by atoms with Gasteiger partial charge in [-0.25, -0.2) is 8.78 Å². The van der Waals surface area contributed by atoms with Crippen molar-refractivity contribution in [2.75, 3.05) is 11.1 Å². The van der Waals surface area contributed by atoms with E-state index >= 15 is 0 Å². The Morgan fingerprint density at radius 3 is 2.71 bits per heavy atom. The first-order valence-corrected chi connectivity index (χ1v) is 5.42. The number of amidine groups is 1. The summed E-state index contributed by atoms with van der Waals surface area (Å²) in [5.74, 6) is 2.42. The maximum absolute atomic E-state index is 12.8. The third kappa shape index (κ3) is 4.27. The van der Waals surface area contributed by atoms with Crippen molar-refractivity contribution < 1.29 is 13.6 Å². The Balaban J connectivity index is 2.53. The van der Waals surface area contributed by atoms with Crippen LogP contribution < -0.4 is 16.9 Å². The lowest BCUT2D eigenvalue weighted by Gasteiger charge is -2.04. The van der Waals surface area contributed by atoms with E-state index in [9.17, 15) is 13.6 Å². The Hall–Kier alpha value is -1.83. The van der Waals surface area contributed by atoms with E-state index < -0.39 is 17.5 Å². The number of nitrogens with two attached hydrogens (primary N) is 2. The lowest BCUT2D eigenvalue weighted by molar-refractivity contribution is -0.113. The van der Waals surface area contributed by atoms with Crippen molar-refractivity contribution in [1.82, 2.24) is 0 Å². The number of benzene rings is 1. The molecule has 0 heterocycles. The molecule has 92 valence electrons. The molecule has 0 fully saturated rings. The largest absolute Gasteiger partial charge is 0.377 e. The van der Waals surface area contributed by atoms with Gasteiger partial charge in [0.25, 0.3) is 0 Å². The summed E-state index contributed by atoms with van der Waals surface area (Å²) in [6.07, 6.45) is 0. The van der Waals surface area contributed by atoms with Crippen molar-refractivity contribution in [3.05, 3.63) is 29.8 Å². The van der Waals surface area contributed by atoms with Gasteiger partial charge in [0.1, 0.15) is 0 Å². The van der Waals surface area contributed by atoms with Gasteiger partial charge in [-0.1, -0.05) is 11.8 Å². The van der Waals surface area contributed by atoms with Crippen LogP contribution in [-0.2, 0) is 4.79 Å². The van der Waals surface area contributed by atoms with E-state index in [1.807, 2.05) is 0 Å². The number of hydrazone groups is 1. The number of carbonyl (C=O) groups excluding carboxylic acids is 1. The van der Waals surface area contributed by atoms with Crippen LogP contribution >= 0.6 is 11.8 Å². The zero-order chi connectivity index (χ0) is 12.8. The topological polar surface area (TPSA) is 93.5 Å². The molecule has 0 radical (unpaired) electrons. The van der Waals surface area contributed by atoms with Crippen LogP contribution in [0.25, 0.3) is 0 Å². The molecular formula is C9H10F2N4OS. The van der Waals surface area contributed by atoms with Gasteiger partial charge in [-0.15, -0.1) is 0 Å². The molecule has 0 aliphatic heterocycles. The van der Waals surface area contributed by atoms with E-state index in [0.29, 0.717) is 0 Å². The second-order valence-corrected chi connectivity index (χ2v) is 3.93. The molecule has 0 bridgehead atoms. The fraction of sp³-hybridized carbons (Fsp3) is 0.111. The molecule has 0 spiro atoms. The van der Waals surface area contributed by atoms with Crippen molar-refractivity contribution >= 4 is 28.5 Å². The highest BCUT2D eigenvalue weighted by Crippen LogP contribution is 2.13. The first kappa shape index (κ1) is 13.2. The van der Waals surface area contributed by atoms with E-state index in [1.54, 1.807) is 0 Å². The predicted octanol–water partition coefficient (Wildman–Crippen LogP) is 0.825. The molecule has 8 heteroatoms. The number of carbonyl (C=O) groups is 1. The molecular weight excluding hydrogens is 250 g/mol. The molecule has 17 heavy (non-hydrogen) atoms.